The zero-order valence-electron chi connectivity index (χ0n) is 17.6. The van der Waals surface area contributed by atoms with E-state index in [1.54, 1.807) is 12.1 Å². The van der Waals surface area contributed by atoms with Crippen LogP contribution in [0.3, 0.4) is 0 Å². The fourth-order valence-corrected chi connectivity index (χ4v) is 3.75. The second-order valence-corrected chi connectivity index (χ2v) is 8.00. The van der Waals surface area contributed by atoms with E-state index in [1.165, 1.54) is 0 Å². The molecular weight excluding hydrogens is 376 g/mol. The monoisotopic (exact) mass is 402 g/mol. The van der Waals surface area contributed by atoms with E-state index in [4.69, 9.17) is 0 Å². The van der Waals surface area contributed by atoms with Gasteiger partial charge in [-0.15, -0.1) is 0 Å². The Morgan fingerprint density at radius 2 is 1.47 bits per heavy atom. The summed E-state index contributed by atoms with van der Waals surface area (Å²) in [4.78, 5) is 36.3. The summed E-state index contributed by atoms with van der Waals surface area (Å²) in [6.45, 7) is 7.13. The number of benzene rings is 2. The van der Waals surface area contributed by atoms with Gasteiger partial charge in [0.25, 0.3) is 11.8 Å². The minimum atomic E-state index is -0.111. The lowest BCUT2D eigenvalue weighted by atomic mass is 10.0. The van der Waals surface area contributed by atoms with Crippen molar-refractivity contribution < 1.29 is 9.59 Å². The molecule has 1 aliphatic heterocycles. The van der Waals surface area contributed by atoms with Gasteiger partial charge in [-0.05, 0) is 63.9 Å². The largest absolute Gasteiger partial charge is 0.349 e. The van der Waals surface area contributed by atoms with Crippen LogP contribution in [0.2, 0.25) is 0 Å². The Kier molecular flexibility index (Phi) is 5.48. The summed E-state index contributed by atoms with van der Waals surface area (Å²) in [6, 6.07) is 13.1. The van der Waals surface area contributed by atoms with Crippen molar-refractivity contribution in [3.63, 3.8) is 0 Å². The Morgan fingerprint density at radius 1 is 0.867 bits per heavy atom. The van der Waals surface area contributed by atoms with Crippen molar-refractivity contribution in [3.8, 4) is 0 Å². The van der Waals surface area contributed by atoms with E-state index in [0.29, 0.717) is 24.2 Å². The number of carbonyl (C=O) groups excluding carboxylic acids is 2. The molecule has 1 aliphatic rings. The predicted molar refractivity (Wildman–Crippen MR) is 117 cm³/mol. The maximum Gasteiger partial charge on any atom is 0.253 e. The Morgan fingerprint density at radius 3 is 2.13 bits per heavy atom. The lowest BCUT2D eigenvalue weighted by Gasteiger charge is -2.32. The van der Waals surface area contributed by atoms with Gasteiger partial charge >= 0.3 is 0 Å². The highest BCUT2D eigenvalue weighted by molar-refractivity contribution is 5.97. The molecule has 6 heteroatoms. The first-order valence-corrected chi connectivity index (χ1v) is 10.3. The number of aryl methyl sites for hydroxylation is 3. The molecule has 0 bridgehead atoms. The van der Waals surface area contributed by atoms with E-state index in [1.807, 2.05) is 56.0 Å². The zero-order valence-corrected chi connectivity index (χ0v) is 17.6. The van der Waals surface area contributed by atoms with Crippen LogP contribution in [0.4, 0.5) is 0 Å². The average molecular weight is 402 g/mol. The van der Waals surface area contributed by atoms with Gasteiger partial charge in [0.15, 0.2) is 0 Å². The maximum atomic E-state index is 12.7. The molecule has 154 valence electrons. The minimum Gasteiger partial charge on any atom is -0.349 e. The van der Waals surface area contributed by atoms with Gasteiger partial charge < -0.3 is 10.2 Å². The van der Waals surface area contributed by atoms with E-state index in [0.717, 1.165) is 40.8 Å². The van der Waals surface area contributed by atoms with E-state index in [2.05, 4.69) is 15.3 Å². The number of hydrogen-bond acceptors (Lipinski definition) is 4. The molecule has 4 rings (SSSR count). The van der Waals surface area contributed by atoms with Crippen molar-refractivity contribution in [2.75, 3.05) is 13.1 Å². The number of amides is 2. The highest BCUT2D eigenvalue weighted by Crippen LogP contribution is 2.17. The van der Waals surface area contributed by atoms with Crippen LogP contribution in [0.25, 0.3) is 11.0 Å². The molecule has 1 aromatic heterocycles. The number of carbonyl (C=O) groups is 2. The summed E-state index contributed by atoms with van der Waals surface area (Å²) in [5.74, 6) is -0.0567. The summed E-state index contributed by atoms with van der Waals surface area (Å²) in [7, 11) is 0. The Hall–Kier alpha value is -3.28. The fraction of sp³-hybridized carbons (Fsp3) is 0.333. The molecule has 1 saturated heterocycles. The smallest absolute Gasteiger partial charge is 0.253 e. The summed E-state index contributed by atoms with van der Waals surface area (Å²) < 4.78 is 0. The molecule has 0 saturated carbocycles. The SMILES string of the molecule is Cc1ccc(C(=O)N2CCC(NC(=O)c3ccc4nc(C)c(C)nc4c3)CC2)cc1. The molecule has 0 aliphatic carbocycles. The molecule has 0 spiro atoms. The second kappa shape index (κ2) is 8.22. The summed E-state index contributed by atoms with van der Waals surface area (Å²) in [5.41, 5.74) is 5.71. The van der Waals surface area contributed by atoms with Gasteiger partial charge in [0.2, 0.25) is 0 Å². The van der Waals surface area contributed by atoms with E-state index in [9.17, 15) is 9.59 Å². The third-order valence-electron chi connectivity index (χ3n) is 5.75. The molecule has 6 nitrogen and oxygen atoms in total. The van der Waals surface area contributed by atoms with Crippen molar-refractivity contribution in [1.29, 1.82) is 0 Å². The van der Waals surface area contributed by atoms with Gasteiger partial charge in [0, 0.05) is 30.3 Å². The normalized spacial score (nSPS) is 14.7. The van der Waals surface area contributed by atoms with Gasteiger partial charge in [0.05, 0.1) is 22.4 Å². The van der Waals surface area contributed by atoms with Gasteiger partial charge in [-0.2, -0.15) is 0 Å². The van der Waals surface area contributed by atoms with Gasteiger partial charge in [-0.3, -0.25) is 9.59 Å². The molecule has 2 aromatic carbocycles. The third-order valence-corrected chi connectivity index (χ3v) is 5.75. The lowest BCUT2D eigenvalue weighted by Crippen LogP contribution is -2.46. The number of fused-ring (bicyclic) bond motifs is 1. The molecule has 0 radical (unpaired) electrons. The third kappa shape index (κ3) is 4.17. The first kappa shape index (κ1) is 20.0. The Balaban J connectivity index is 1.37. The number of nitrogens with zero attached hydrogens (tertiary/aromatic N) is 3. The molecular formula is C24H26N4O2. The molecule has 2 amide bonds. The predicted octanol–water partition coefficient (Wildman–Crippen LogP) is 3.59. The standard InChI is InChI=1S/C24H26N4O2/c1-15-4-6-18(7-5-15)24(30)28-12-10-20(11-13-28)27-23(29)19-8-9-21-22(14-19)26-17(3)16(2)25-21/h4-9,14,20H,10-13H2,1-3H3,(H,27,29). The van der Waals surface area contributed by atoms with Crippen molar-refractivity contribution in [2.24, 2.45) is 0 Å². The van der Waals surface area contributed by atoms with Crippen LogP contribution in [0.15, 0.2) is 42.5 Å². The van der Waals surface area contributed by atoms with Crippen molar-refractivity contribution in [2.45, 2.75) is 39.7 Å². The van der Waals surface area contributed by atoms with E-state index >= 15 is 0 Å². The van der Waals surface area contributed by atoms with Crippen LogP contribution in [0.1, 0.15) is 50.5 Å². The van der Waals surface area contributed by atoms with Crippen LogP contribution < -0.4 is 5.32 Å². The topological polar surface area (TPSA) is 75.2 Å². The maximum absolute atomic E-state index is 12.7. The van der Waals surface area contributed by atoms with Crippen LogP contribution in [0, 0.1) is 20.8 Å². The van der Waals surface area contributed by atoms with E-state index < -0.39 is 0 Å². The highest BCUT2D eigenvalue weighted by atomic mass is 16.2. The molecule has 0 unspecified atom stereocenters. The average Bonchev–Trinajstić information content (AvgIpc) is 2.75. The van der Waals surface area contributed by atoms with Crippen LogP contribution >= 0.6 is 0 Å². The number of piperidine rings is 1. The van der Waals surface area contributed by atoms with Crippen molar-refractivity contribution >= 4 is 22.8 Å². The van der Waals surface area contributed by atoms with Crippen LogP contribution in [-0.2, 0) is 0 Å². The molecule has 1 N–H and O–H groups in total. The number of hydrogen-bond donors (Lipinski definition) is 1. The number of likely N-dealkylation sites (tertiary alicyclic amines) is 1. The first-order chi connectivity index (χ1) is 14.4. The quantitative estimate of drug-likeness (QED) is 0.726. The van der Waals surface area contributed by atoms with Crippen LogP contribution in [-0.4, -0.2) is 45.8 Å². The second-order valence-electron chi connectivity index (χ2n) is 8.00. The molecule has 1 fully saturated rings. The van der Waals surface area contributed by atoms with Crippen LogP contribution in [0.5, 0.6) is 0 Å². The summed E-state index contributed by atoms with van der Waals surface area (Å²) in [6.07, 6.45) is 1.49. The molecule has 30 heavy (non-hydrogen) atoms. The number of rotatable bonds is 3. The zero-order chi connectivity index (χ0) is 21.3. The van der Waals surface area contributed by atoms with Crippen molar-refractivity contribution in [3.05, 3.63) is 70.5 Å². The highest BCUT2D eigenvalue weighted by Gasteiger charge is 2.25. The van der Waals surface area contributed by atoms with Crippen molar-refractivity contribution in [1.82, 2.24) is 20.2 Å². The lowest BCUT2D eigenvalue weighted by molar-refractivity contribution is 0.0698. The Bertz CT molecular complexity index is 1100. The molecule has 2 heterocycles. The van der Waals surface area contributed by atoms with Gasteiger partial charge in [-0.25, -0.2) is 9.97 Å². The number of nitrogens with one attached hydrogen (secondary N) is 1. The summed E-state index contributed by atoms with van der Waals surface area (Å²) in [5, 5.41) is 3.11. The summed E-state index contributed by atoms with van der Waals surface area (Å²) >= 11 is 0. The Labute approximate surface area is 176 Å². The fourth-order valence-electron chi connectivity index (χ4n) is 3.75. The molecule has 3 aromatic rings. The molecule has 0 atom stereocenters. The van der Waals surface area contributed by atoms with E-state index in [-0.39, 0.29) is 17.9 Å². The minimum absolute atomic E-state index is 0.0542. The van der Waals surface area contributed by atoms with Gasteiger partial charge in [-0.1, -0.05) is 17.7 Å². The number of aromatic nitrogens is 2. The first-order valence-electron chi connectivity index (χ1n) is 10.3. The van der Waals surface area contributed by atoms with Gasteiger partial charge in [0.1, 0.15) is 0 Å².